The molecule has 1 aromatic heterocycles. The van der Waals surface area contributed by atoms with E-state index in [2.05, 4.69) is 15.1 Å². The van der Waals surface area contributed by atoms with E-state index in [1.807, 2.05) is 29.3 Å². The normalized spacial score (nSPS) is 19.8. The molecule has 3 heterocycles. The van der Waals surface area contributed by atoms with Gasteiger partial charge in [0.15, 0.2) is 0 Å². The van der Waals surface area contributed by atoms with Crippen molar-refractivity contribution in [3.8, 4) is 5.75 Å². The molecule has 0 radical (unpaired) electrons. The van der Waals surface area contributed by atoms with Crippen LogP contribution in [0.2, 0.25) is 0 Å². The lowest BCUT2D eigenvalue weighted by Gasteiger charge is -2.47. The molecule has 2 aliphatic rings. The van der Waals surface area contributed by atoms with Gasteiger partial charge in [0, 0.05) is 45.3 Å². The molecular formula is C21H28N4O3. The monoisotopic (exact) mass is 384 g/mol. The van der Waals surface area contributed by atoms with Crippen LogP contribution in [-0.2, 0) is 22.5 Å². The van der Waals surface area contributed by atoms with E-state index in [1.165, 1.54) is 0 Å². The van der Waals surface area contributed by atoms with Gasteiger partial charge in [-0.1, -0.05) is 12.1 Å². The summed E-state index contributed by atoms with van der Waals surface area (Å²) < 4.78 is 6.18. The average Bonchev–Trinajstić information content (AvgIpc) is 3.22. The first-order valence-corrected chi connectivity index (χ1v) is 10.0. The summed E-state index contributed by atoms with van der Waals surface area (Å²) in [5, 5.41) is 16.4. The second kappa shape index (κ2) is 8.32. The molecule has 2 aliphatic heterocycles. The van der Waals surface area contributed by atoms with Crippen LogP contribution < -0.4 is 0 Å². The fraction of sp³-hybridized carbons (Fsp3) is 0.524. The predicted octanol–water partition coefficient (Wildman–Crippen LogP) is 1.94. The van der Waals surface area contributed by atoms with Crippen molar-refractivity contribution >= 4 is 5.91 Å². The fourth-order valence-electron chi connectivity index (χ4n) is 4.22. The number of morpholine rings is 1. The van der Waals surface area contributed by atoms with Gasteiger partial charge in [0.2, 0.25) is 5.91 Å². The fourth-order valence-corrected chi connectivity index (χ4v) is 4.22. The molecule has 1 spiro atoms. The molecule has 0 unspecified atom stereocenters. The van der Waals surface area contributed by atoms with Gasteiger partial charge in [0.25, 0.3) is 0 Å². The van der Waals surface area contributed by atoms with Crippen LogP contribution in [0.4, 0.5) is 0 Å². The molecule has 2 aromatic rings. The van der Waals surface area contributed by atoms with Crippen molar-refractivity contribution in [2.24, 2.45) is 0 Å². The third kappa shape index (κ3) is 4.54. The molecule has 2 fully saturated rings. The van der Waals surface area contributed by atoms with Crippen LogP contribution in [0.5, 0.6) is 5.75 Å². The van der Waals surface area contributed by atoms with Crippen molar-refractivity contribution in [3.05, 3.63) is 47.8 Å². The number of phenols is 1. The number of rotatable bonds is 5. The number of benzene rings is 1. The van der Waals surface area contributed by atoms with Crippen LogP contribution in [0.1, 0.15) is 30.4 Å². The minimum Gasteiger partial charge on any atom is -0.508 e. The van der Waals surface area contributed by atoms with Gasteiger partial charge < -0.3 is 14.7 Å². The zero-order chi connectivity index (χ0) is 19.4. The lowest BCUT2D eigenvalue weighted by Crippen LogP contribution is -2.57. The number of aromatic hydroxyl groups is 1. The van der Waals surface area contributed by atoms with E-state index >= 15 is 0 Å². The highest BCUT2D eigenvalue weighted by atomic mass is 16.5. The van der Waals surface area contributed by atoms with Gasteiger partial charge in [0.05, 0.1) is 18.4 Å². The van der Waals surface area contributed by atoms with Gasteiger partial charge in [-0.15, -0.1) is 0 Å². The van der Waals surface area contributed by atoms with E-state index in [1.54, 1.807) is 12.3 Å². The standard InChI is InChI=1S/C21H28N4O3/c26-19-3-1-2-17(12-19)15-24-8-6-21(7-9-24)16-25(10-11-28-21)20(27)5-4-18-13-22-23-14-18/h1-3,12-14,26H,4-11,15-16H2,(H,22,23). The summed E-state index contributed by atoms with van der Waals surface area (Å²) in [7, 11) is 0. The van der Waals surface area contributed by atoms with Crippen LogP contribution in [0.25, 0.3) is 0 Å². The van der Waals surface area contributed by atoms with E-state index in [9.17, 15) is 9.90 Å². The SMILES string of the molecule is O=C(CCc1cn[nH]c1)N1CCOC2(CCN(Cc3cccc(O)c3)CC2)C1. The van der Waals surface area contributed by atoms with Gasteiger partial charge in [-0.3, -0.25) is 14.8 Å². The van der Waals surface area contributed by atoms with Gasteiger partial charge in [-0.05, 0) is 42.5 Å². The number of aromatic nitrogens is 2. The quantitative estimate of drug-likeness (QED) is 0.823. The molecule has 7 nitrogen and oxygen atoms in total. The van der Waals surface area contributed by atoms with Crippen molar-refractivity contribution in [2.45, 2.75) is 37.8 Å². The Morgan fingerprint density at radius 2 is 2.11 bits per heavy atom. The van der Waals surface area contributed by atoms with E-state index < -0.39 is 0 Å². The zero-order valence-corrected chi connectivity index (χ0v) is 16.1. The lowest BCUT2D eigenvalue weighted by molar-refractivity contribution is -0.159. The average molecular weight is 384 g/mol. The van der Waals surface area contributed by atoms with Crippen molar-refractivity contribution in [2.75, 3.05) is 32.8 Å². The van der Waals surface area contributed by atoms with Crippen LogP contribution in [-0.4, -0.2) is 69.4 Å². The first-order chi connectivity index (χ1) is 13.6. The molecule has 0 atom stereocenters. The van der Waals surface area contributed by atoms with Gasteiger partial charge in [0.1, 0.15) is 5.75 Å². The Kier molecular flexibility index (Phi) is 5.64. The number of piperidine rings is 1. The predicted molar refractivity (Wildman–Crippen MR) is 105 cm³/mol. The van der Waals surface area contributed by atoms with Crippen molar-refractivity contribution in [1.29, 1.82) is 0 Å². The number of aromatic amines is 1. The van der Waals surface area contributed by atoms with E-state index in [4.69, 9.17) is 4.74 Å². The van der Waals surface area contributed by atoms with Crippen LogP contribution in [0.3, 0.4) is 0 Å². The Morgan fingerprint density at radius 3 is 2.86 bits per heavy atom. The van der Waals surface area contributed by atoms with Gasteiger partial charge >= 0.3 is 0 Å². The number of amides is 1. The van der Waals surface area contributed by atoms with Crippen molar-refractivity contribution < 1.29 is 14.6 Å². The van der Waals surface area contributed by atoms with Crippen LogP contribution >= 0.6 is 0 Å². The molecule has 7 heteroatoms. The molecule has 0 aliphatic carbocycles. The highest BCUT2D eigenvalue weighted by Crippen LogP contribution is 2.31. The van der Waals surface area contributed by atoms with E-state index in [0.717, 1.165) is 50.0 Å². The zero-order valence-electron chi connectivity index (χ0n) is 16.1. The minimum absolute atomic E-state index is 0.200. The Hall–Kier alpha value is -2.38. The van der Waals surface area contributed by atoms with E-state index in [0.29, 0.717) is 31.9 Å². The maximum atomic E-state index is 12.7. The number of aryl methyl sites for hydroxylation is 1. The topological polar surface area (TPSA) is 81.7 Å². The summed E-state index contributed by atoms with van der Waals surface area (Å²) in [6.07, 6.45) is 6.71. The number of nitrogens with zero attached hydrogens (tertiary/aromatic N) is 3. The summed E-state index contributed by atoms with van der Waals surface area (Å²) >= 11 is 0. The third-order valence-corrected chi connectivity index (χ3v) is 5.87. The number of nitrogens with one attached hydrogen (secondary N) is 1. The number of hydrogen-bond acceptors (Lipinski definition) is 5. The molecule has 28 heavy (non-hydrogen) atoms. The van der Waals surface area contributed by atoms with Crippen LogP contribution in [0, 0.1) is 0 Å². The number of carbonyl (C=O) groups is 1. The molecular weight excluding hydrogens is 356 g/mol. The highest BCUT2D eigenvalue weighted by Gasteiger charge is 2.40. The number of likely N-dealkylation sites (tertiary alicyclic amines) is 1. The summed E-state index contributed by atoms with van der Waals surface area (Å²) in [6, 6.07) is 7.44. The third-order valence-electron chi connectivity index (χ3n) is 5.87. The maximum Gasteiger partial charge on any atom is 0.223 e. The summed E-state index contributed by atoms with van der Waals surface area (Å²) in [4.78, 5) is 17.0. The molecule has 0 bridgehead atoms. The Morgan fingerprint density at radius 1 is 1.25 bits per heavy atom. The largest absolute Gasteiger partial charge is 0.508 e. The second-order valence-electron chi connectivity index (χ2n) is 7.90. The number of ether oxygens (including phenoxy) is 1. The van der Waals surface area contributed by atoms with Gasteiger partial charge in [-0.25, -0.2) is 0 Å². The molecule has 0 saturated carbocycles. The smallest absolute Gasteiger partial charge is 0.223 e. The molecule has 2 N–H and O–H groups in total. The number of carbonyl (C=O) groups excluding carboxylic acids is 1. The minimum atomic E-state index is -0.209. The molecule has 4 rings (SSSR count). The Bertz CT molecular complexity index is 785. The highest BCUT2D eigenvalue weighted by molar-refractivity contribution is 5.76. The maximum absolute atomic E-state index is 12.7. The lowest BCUT2D eigenvalue weighted by atomic mass is 9.89. The number of H-pyrrole nitrogens is 1. The Labute approximate surface area is 165 Å². The van der Waals surface area contributed by atoms with Crippen molar-refractivity contribution in [3.63, 3.8) is 0 Å². The molecule has 1 amide bonds. The van der Waals surface area contributed by atoms with Gasteiger partial charge in [-0.2, -0.15) is 5.10 Å². The molecule has 1 aromatic carbocycles. The summed E-state index contributed by atoms with van der Waals surface area (Å²) in [5.41, 5.74) is 1.98. The summed E-state index contributed by atoms with van der Waals surface area (Å²) in [6.45, 7) is 4.69. The molecule has 150 valence electrons. The Balaban J connectivity index is 1.28. The summed E-state index contributed by atoms with van der Waals surface area (Å²) in [5.74, 6) is 0.511. The van der Waals surface area contributed by atoms with E-state index in [-0.39, 0.29) is 11.5 Å². The molecule has 2 saturated heterocycles. The number of hydrogen-bond donors (Lipinski definition) is 2. The van der Waals surface area contributed by atoms with Crippen molar-refractivity contribution in [1.82, 2.24) is 20.0 Å². The second-order valence-corrected chi connectivity index (χ2v) is 7.90. The first-order valence-electron chi connectivity index (χ1n) is 10.0. The number of phenolic OH excluding ortho intramolecular Hbond substituents is 1. The first kappa shape index (κ1) is 19.0. The van der Waals surface area contributed by atoms with Crippen LogP contribution in [0.15, 0.2) is 36.7 Å².